The fraction of sp³-hybridized carbons (Fsp3) is 0.261. The summed E-state index contributed by atoms with van der Waals surface area (Å²) in [5, 5.41) is 2.99. The summed E-state index contributed by atoms with van der Waals surface area (Å²) < 4.78 is 25.5. The zero-order chi connectivity index (χ0) is 21.5. The van der Waals surface area contributed by atoms with Gasteiger partial charge in [0.05, 0.1) is 10.5 Å². The molecule has 1 N–H and O–H groups in total. The molecule has 0 saturated carbocycles. The number of benzene rings is 2. The summed E-state index contributed by atoms with van der Waals surface area (Å²) in [5.74, 6) is 0.813. The van der Waals surface area contributed by atoms with Gasteiger partial charge in [0.15, 0.2) is 5.76 Å². The van der Waals surface area contributed by atoms with E-state index in [0.717, 1.165) is 16.6 Å². The average molecular weight is 475 g/mol. The van der Waals surface area contributed by atoms with Crippen LogP contribution in [0.25, 0.3) is 0 Å². The van der Waals surface area contributed by atoms with Crippen molar-refractivity contribution in [2.24, 2.45) is 0 Å². The lowest BCUT2D eigenvalue weighted by molar-refractivity contribution is 0.0900. The van der Waals surface area contributed by atoms with Crippen molar-refractivity contribution < 1.29 is 18.3 Å². The number of halogens is 2. The van der Waals surface area contributed by atoms with Gasteiger partial charge >= 0.3 is 0 Å². The number of para-hydroxylation sites is 1. The molecule has 7 heteroatoms. The van der Waals surface area contributed by atoms with Crippen LogP contribution in [-0.4, -0.2) is 31.4 Å². The van der Waals surface area contributed by atoms with E-state index >= 15 is 0 Å². The van der Waals surface area contributed by atoms with Crippen LogP contribution in [-0.2, 0) is 6.61 Å². The fourth-order valence-corrected chi connectivity index (χ4v) is 3.32. The van der Waals surface area contributed by atoms with Gasteiger partial charge in [-0.3, -0.25) is 4.79 Å². The van der Waals surface area contributed by atoms with Gasteiger partial charge in [0.25, 0.3) is 5.91 Å². The molecular formula is C23H24BrFN2O3. The van der Waals surface area contributed by atoms with Gasteiger partial charge in [0.2, 0.25) is 0 Å². The van der Waals surface area contributed by atoms with E-state index in [1.807, 2.05) is 43.3 Å². The van der Waals surface area contributed by atoms with E-state index in [-0.39, 0.29) is 30.1 Å². The minimum Gasteiger partial charge on any atom is -0.484 e. The van der Waals surface area contributed by atoms with Gasteiger partial charge in [0.1, 0.15) is 23.9 Å². The first-order valence-electron chi connectivity index (χ1n) is 9.59. The van der Waals surface area contributed by atoms with Crippen LogP contribution in [0.3, 0.4) is 0 Å². The van der Waals surface area contributed by atoms with Crippen molar-refractivity contribution >= 4 is 21.8 Å². The third-order valence-electron chi connectivity index (χ3n) is 4.53. The number of carbonyl (C=O) groups is 1. The van der Waals surface area contributed by atoms with Crippen LogP contribution in [0.1, 0.15) is 34.3 Å². The molecule has 5 nitrogen and oxygen atoms in total. The number of nitrogens with zero attached hydrogens (tertiary/aromatic N) is 1. The number of carbonyl (C=O) groups excluding carboxylic acids is 1. The Bertz CT molecular complexity index is 973. The van der Waals surface area contributed by atoms with Crippen molar-refractivity contribution in [2.45, 2.75) is 19.1 Å². The Kier molecular flexibility index (Phi) is 7.65. The Morgan fingerprint density at radius 1 is 1.13 bits per heavy atom. The molecule has 158 valence electrons. The van der Waals surface area contributed by atoms with E-state index in [9.17, 15) is 9.18 Å². The van der Waals surface area contributed by atoms with Gasteiger partial charge in [-0.1, -0.05) is 24.3 Å². The van der Waals surface area contributed by atoms with Crippen molar-refractivity contribution in [3.63, 3.8) is 0 Å². The van der Waals surface area contributed by atoms with E-state index in [4.69, 9.17) is 9.15 Å². The standard InChI is InChI=1S/C23H24BrFN2O3/c1-27(2)14-13-20(16-7-9-17(25)10-8-16)26-23(28)22-12-11-18(30-22)15-29-21-6-4-3-5-19(21)24/h3-12,20H,13-15H2,1-2H3,(H,26,28). The van der Waals surface area contributed by atoms with Crippen molar-refractivity contribution in [2.75, 3.05) is 20.6 Å². The highest BCUT2D eigenvalue weighted by Gasteiger charge is 2.19. The molecule has 30 heavy (non-hydrogen) atoms. The summed E-state index contributed by atoms with van der Waals surface area (Å²) in [6.45, 7) is 0.976. The summed E-state index contributed by atoms with van der Waals surface area (Å²) in [5.41, 5.74) is 0.843. The molecule has 1 heterocycles. The molecule has 3 aromatic rings. The highest BCUT2D eigenvalue weighted by molar-refractivity contribution is 9.10. The number of furan rings is 1. The van der Waals surface area contributed by atoms with Crippen LogP contribution in [0.5, 0.6) is 5.75 Å². The summed E-state index contributed by atoms with van der Waals surface area (Å²) in [7, 11) is 3.93. The second-order valence-electron chi connectivity index (χ2n) is 7.15. The Labute approximate surface area is 184 Å². The third-order valence-corrected chi connectivity index (χ3v) is 5.19. The predicted octanol–water partition coefficient (Wildman–Crippen LogP) is 5.18. The molecule has 0 aliphatic carbocycles. The van der Waals surface area contributed by atoms with Crippen molar-refractivity contribution in [1.82, 2.24) is 10.2 Å². The number of amides is 1. The lowest BCUT2D eigenvalue weighted by Crippen LogP contribution is -2.30. The molecule has 0 radical (unpaired) electrons. The van der Waals surface area contributed by atoms with Gasteiger partial charge in [-0.15, -0.1) is 0 Å². The lowest BCUT2D eigenvalue weighted by Gasteiger charge is -2.21. The van der Waals surface area contributed by atoms with Crippen LogP contribution in [0.15, 0.2) is 69.6 Å². The van der Waals surface area contributed by atoms with Gasteiger partial charge in [-0.25, -0.2) is 4.39 Å². The van der Waals surface area contributed by atoms with Crippen LogP contribution in [0, 0.1) is 5.82 Å². The predicted molar refractivity (Wildman–Crippen MR) is 117 cm³/mol. The van der Waals surface area contributed by atoms with Crippen molar-refractivity contribution in [3.8, 4) is 5.75 Å². The molecular weight excluding hydrogens is 451 g/mol. The van der Waals surface area contributed by atoms with Crippen LogP contribution < -0.4 is 10.1 Å². The number of ether oxygens (including phenoxy) is 1. The highest BCUT2D eigenvalue weighted by atomic mass is 79.9. The molecule has 0 saturated heterocycles. The molecule has 1 amide bonds. The maximum Gasteiger partial charge on any atom is 0.287 e. The van der Waals surface area contributed by atoms with Gasteiger partial charge in [0, 0.05) is 0 Å². The zero-order valence-electron chi connectivity index (χ0n) is 16.9. The van der Waals surface area contributed by atoms with Crippen LogP contribution >= 0.6 is 15.9 Å². The molecule has 0 fully saturated rings. The molecule has 2 aromatic carbocycles. The molecule has 1 unspecified atom stereocenters. The number of nitrogens with one attached hydrogen (secondary N) is 1. The monoisotopic (exact) mass is 474 g/mol. The van der Waals surface area contributed by atoms with Crippen molar-refractivity contribution in [3.05, 3.63) is 88.0 Å². The SMILES string of the molecule is CN(C)CCC(NC(=O)c1ccc(COc2ccccc2Br)o1)c1ccc(F)cc1. The number of rotatable bonds is 9. The van der Waals surface area contributed by atoms with Crippen LogP contribution in [0.4, 0.5) is 4.39 Å². The Balaban J connectivity index is 1.65. The first kappa shape index (κ1) is 22.1. The topological polar surface area (TPSA) is 54.7 Å². The lowest BCUT2D eigenvalue weighted by atomic mass is 10.0. The smallest absolute Gasteiger partial charge is 0.287 e. The second-order valence-corrected chi connectivity index (χ2v) is 8.01. The molecule has 0 aliphatic heterocycles. The summed E-state index contributed by atoms with van der Waals surface area (Å²) in [6.07, 6.45) is 0.684. The van der Waals surface area contributed by atoms with E-state index in [2.05, 4.69) is 21.2 Å². The maximum absolute atomic E-state index is 13.3. The van der Waals surface area contributed by atoms with E-state index < -0.39 is 0 Å². The summed E-state index contributed by atoms with van der Waals surface area (Å²) in [6, 6.07) is 16.8. The van der Waals surface area contributed by atoms with E-state index in [1.165, 1.54) is 12.1 Å². The molecule has 1 aromatic heterocycles. The van der Waals surface area contributed by atoms with Crippen LogP contribution in [0.2, 0.25) is 0 Å². The van der Waals surface area contributed by atoms with Gasteiger partial charge in [-0.05, 0) is 85.0 Å². The third kappa shape index (κ3) is 6.18. The van der Waals surface area contributed by atoms with Gasteiger partial charge < -0.3 is 19.4 Å². The number of hydrogen-bond acceptors (Lipinski definition) is 4. The quantitative estimate of drug-likeness (QED) is 0.463. The molecule has 0 spiro atoms. The zero-order valence-corrected chi connectivity index (χ0v) is 18.5. The minimum atomic E-state index is -0.324. The molecule has 3 rings (SSSR count). The molecule has 0 bridgehead atoms. The molecule has 1 atom stereocenters. The van der Waals surface area contributed by atoms with Gasteiger partial charge in [-0.2, -0.15) is 0 Å². The summed E-state index contributed by atoms with van der Waals surface area (Å²) in [4.78, 5) is 14.8. The first-order chi connectivity index (χ1) is 14.4. The maximum atomic E-state index is 13.3. The number of hydrogen-bond donors (Lipinski definition) is 1. The second kappa shape index (κ2) is 10.4. The highest BCUT2D eigenvalue weighted by Crippen LogP contribution is 2.25. The molecule has 0 aliphatic rings. The Morgan fingerprint density at radius 3 is 2.57 bits per heavy atom. The van der Waals surface area contributed by atoms with Crippen molar-refractivity contribution in [1.29, 1.82) is 0 Å². The summed E-state index contributed by atoms with van der Waals surface area (Å²) >= 11 is 3.43. The fourth-order valence-electron chi connectivity index (χ4n) is 2.92. The average Bonchev–Trinajstić information content (AvgIpc) is 3.20. The Hall–Kier alpha value is -2.64. The minimum absolute atomic E-state index is 0.206. The van der Waals surface area contributed by atoms with E-state index in [1.54, 1.807) is 24.3 Å². The normalized spacial score (nSPS) is 12.0. The van der Waals surface area contributed by atoms with E-state index in [0.29, 0.717) is 17.9 Å². The largest absolute Gasteiger partial charge is 0.484 e. The Morgan fingerprint density at radius 2 is 1.87 bits per heavy atom. The first-order valence-corrected chi connectivity index (χ1v) is 10.4.